The first-order valence-corrected chi connectivity index (χ1v) is 9.36. The minimum Gasteiger partial charge on any atom is -0.349 e. The number of carbonyl (C=O) groups excluding carboxylic acids is 1. The molecule has 0 radical (unpaired) electrons. The van der Waals surface area contributed by atoms with E-state index < -0.39 is 0 Å². The quantitative estimate of drug-likeness (QED) is 0.773. The molecule has 1 heterocycles. The highest BCUT2D eigenvalue weighted by Crippen LogP contribution is 2.36. The number of carbonyl (C=O) groups is 1. The van der Waals surface area contributed by atoms with Gasteiger partial charge in [0.15, 0.2) is 0 Å². The normalized spacial score (nSPS) is 22.1. The molecule has 1 saturated heterocycles. The SMILES string of the molecule is Cl.O=C(CCC1CCNC1)NC(c1ccc(Cl)cc1)C1CCCC1. The monoisotopic (exact) mass is 370 g/mol. The summed E-state index contributed by atoms with van der Waals surface area (Å²) >= 11 is 6.01. The molecule has 3 rings (SSSR count). The highest BCUT2D eigenvalue weighted by Gasteiger charge is 2.28. The molecule has 0 aromatic heterocycles. The lowest BCUT2D eigenvalue weighted by molar-refractivity contribution is -0.122. The Hall–Kier alpha value is -0.770. The molecule has 0 bridgehead atoms. The van der Waals surface area contributed by atoms with Gasteiger partial charge in [-0.3, -0.25) is 4.79 Å². The molecule has 2 aliphatic rings. The van der Waals surface area contributed by atoms with Crippen molar-refractivity contribution in [2.24, 2.45) is 11.8 Å². The zero-order valence-corrected chi connectivity index (χ0v) is 15.7. The van der Waals surface area contributed by atoms with Gasteiger partial charge >= 0.3 is 0 Å². The van der Waals surface area contributed by atoms with Gasteiger partial charge in [0.2, 0.25) is 5.91 Å². The fourth-order valence-corrected chi connectivity index (χ4v) is 4.10. The van der Waals surface area contributed by atoms with Gasteiger partial charge in [-0.25, -0.2) is 0 Å². The van der Waals surface area contributed by atoms with E-state index in [4.69, 9.17) is 11.6 Å². The molecule has 1 aromatic rings. The van der Waals surface area contributed by atoms with Crippen LogP contribution in [0.5, 0.6) is 0 Å². The van der Waals surface area contributed by atoms with Crippen molar-refractivity contribution in [3.8, 4) is 0 Å². The van der Waals surface area contributed by atoms with E-state index in [2.05, 4.69) is 22.8 Å². The third-order valence-electron chi connectivity index (χ3n) is 5.36. The lowest BCUT2D eigenvalue weighted by atomic mass is 9.91. The lowest BCUT2D eigenvalue weighted by Crippen LogP contribution is -2.33. The molecule has 24 heavy (non-hydrogen) atoms. The van der Waals surface area contributed by atoms with Gasteiger partial charge in [-0.05, 0) is 68.3 Å². The smallest absolute Gasteiger partial charge is 0.220 e. The maximum Gasteiger partial charge on any atom is 0.220 e. The maximum atomic E-state index is 12.4. The molecule has 2 atom stereocenters. The van der Waals surface area contributed by atoms with Crippen molar-refractivity contribution < 1.29 is 4.79 Å². The summed E-state index contributed by atoms with van der Waals surface area (Å²) in [5.74, 6) is 1.43. The van der Waals surface area contributed by atoms with Crippen LogP contribution in [0, 0.1) is 11.8 Å². The van der Waals surface area contributed by atoms with Gasteiger partial charge in [0, 0.05) is 11.4 Å². The van der Waals surface area contributed by atoms with Gasteiger partial charge in [0.05, 0.1) is 6.04 Å². The van der Waals surface area contributed by atoms with E-state index in [1.165, 1.54) is 37.7 Å². The van der Waals surface area contributed by atoms with Crippen molar-refractivity contribution in [1.82, 2.24) is 10.6 Å². The molecule has 0 spiro atoms. The lowest BCUT2D eigenvalue weighted by Gasteiger charge is -2.25. The van der Waals surface area contributed by atoms with Crippen LogP contribution < -0.4 is 10.6 Å². The second-order valence-electron chi connectivity index (χ2n) is 7.04. The Labute approximate surface area is 156 Å². The molecule has 3 nitrogen and oxygen atoms in total. The van der Waals surface area contributed by atoms with Gasteiger partial charge in [-0.15, -0.1) is 12.4 Å². The van der Waals surface area contributed by atoms with E-state index in [9.17, 15) is 4.79 Å². The van der Waals surface area contributed by atoms with Crippen molar-refractivity contribution >= 4 is 29.9 Å². The van der Waals surface area contributed by atoms with Crippen LogP contribution in [0.2, 0.25) is 5.02 Å². The number of hydrogen-bond acceptors (Lipinski definition) is 2. The Bertz CT molecular complexity index is 509. The van der Waals surface area contributed by atoms with Crippen LogP contribution in [0.25, 0.3) is 0 Å². The predicted molar refractivity (Wildman–Crippen MR) is 102 cm³/mol. The Kier molecular flexibility index (Phi) is 7.86. The molecular formula is C19H28Cl2N2O. The van der Waals surface area contributed by atoms with E-state index in [0.717, 1.165) is 24.5 Å². The van der Waals surface area contributed by atoms with E-state index in [1.807, 2.05) is 12.1 Å². The molecule has 1 aliphatic carbocycles. The molecule has 2 fully saturated rings. The predicted octanol–water partition coefficient (Wildman–Crippen LogP) is 4.50. The summed E-state index contributed by atoms with van der Waals surface area (Å²) in [6.07, 6.45) is 7.81. The maximum absolute atomic E-state index is 12.4. The third kappa shape index (κ3) is 5.37. The third-order valence-corrected chi connectivity index (χ3v) is 5.61. The van der Waals surface area contributed by atoms with E-state index in [0.29, 0.717) is 18.3 Å². The highest BCUT2D eigenvalue weighted by molar-refractivity contribution is 6.30. The van der Waals surface area contributed by atoms with E-state index in [1.54, 1.807) is 0 Å². The number of benzene rings is 1. The van der Waals surface area contributed by atoms with Crippen LogP contribution >= 0.6 is 24.0 Å². The first-order valence-electron chi connectivity index (χ1n) is 8.98. The minimum atomic E-state index is 0. The molecule has 134 valence electrons. The average Bonchev–Trinajstić information content (AvgIpc) is 3.25. The average molecular weight is 371 g/mol. The van der Waals surface area contributed by atoms with Crippen LogP contribution in [0.3, 0.4) is 0 Å². The highest BCUT2D eigenvalue weighted by atomic mass is 35.5. The fourth-order valence-electron chi connectivity index (χ4n) is 3.98. The van der Waals surface area contributed by atoms with Crippen LogP contribution in [-0.2, 0) is 4.79 Å². The Morgan fingerprint density at radius 3 is 2.54 bits per heavy atom. The van der Waals surface area contributed by atoms with Gasteiger partial charge in [0.25, 0.3) is 0 Å². The first kappa shape index (κ1) is 19.6. The van der Waals surface area contributed by atoms with Crippen LogP contribution in [0.4, 0.5) is 0 Å². The van der Waals surface area contributed by atoms with Crippen molar-refractivity contribution in [3.63, 3.8) is 0 Å². The number of hydrogen-bond donors (Lipinski definition) is 2. The molecule has 2 N–H and O–H groups in total. The molecular weight excluding hydrogens is 343 g/mol. The van der Waals surface area contributed by atoms with Crippen molar-refractivity contribution in [3.05, 3.63) is 34.9 Å². The molecule has 1 saturated carbocycles. The molecule has 1 aromatic carbocycles. The van der Waals surface area contributed by atoms with Gasteiger partial charge in [-0.2, -0.15) is 0 Å². The van der Waals surface area contributed by atoms with Crippen LogP contribution in [0.1, 0.15) is 56.6 Å². The zero-order chi connectivity index (χ0) is 16.1. The standard InChI is InChI=1S/C19H27ClN2O.ClH/c20-17-8-6-16(7-9-17)19(15-3-1-2-4-15)22-18(23)10-5-14-11-12-21-13-14;/h6-9,14-15,19,21H,1-5,10-13H2,(H,22,23);1H. The number of halogens is 2. The van der Waals surface area contributed by atoms with E-state index in [-0.39, 0.29) is 24.4 Å². The summed E-state index contributed by atoms with van der Waals surface area (Å²) in [4.78, 5) is 12.4. The summed E-state index contributed by atoms with van der Waals surface area (Å²) in [5.41, 5.74) is 1.19. The minimum absolute atomic E-state index is 0. The molecule has 5 heteroatoms. The Morgan fingerprint density at radius 1 is 1.21 bits per heavy atom. The van der Waals surface area contributed by atoms with Crippen molar-refractivity contribution in [2.45, 2.75) is 51.0 Å². The summed E-state index contributed by atoms with van der Waals surface area (Å²) in [5, 5.41) is 7.43. The topological polar surface area (TPSA) is 41.1 Å². The second-order valence-corrected chi connectivity index (χ2v) is 7.48. The Balaban J connectivity index is 0.00000208. The second kappa shape index (κ2) is 9.65. The summed E-state index contributed by atoms with van der Waals surface area (Å²) in [7, 11) is 0. The van der Waals surface area contributed by atoms with E-state index >= 15 is 0 Å². The van der Waals surface area contributed by atoms with Crippen LogP contribution in [-0.4, -0.2) is 19.0 Å². The Morgan fingerprint density at radius 2 is 1.92 bits per heavy atom. The summed E-state index contributed by atoms with van der Waals surface area (Å²) in [6.45, 7) is 2.16. The number of rotatable bonds is 6. The number of nitrogens with one attached hydrogen (secondary N) is 2. The zero-order valence-electron chi connectivity index (χ0n) is 14.1. The van der Waals surface area contributed by atoms with Crippen molar-refractivity contribution in [1.29, 1.82) is 0 Å². The van der Waals surface area contributed by atoms with Crippen LogP contribution in [0.15, 0.2) is 24.3 Å². The number of amides is 1. The van der Waals surface area contributed by atoms with Crippen molar-refractivity contribution in [2.75, 3.05) is 13.1 Å². The summed E-state index contributed by atoms with van der Waals surface area (Å²) < 4.78 is 0. The summed E-state index contributed by atoms with van der Waals surface area (Å²) in [6, 6.07) is 8.12. The molecule has 2 unspecified atom stereocenters. The molecule has 1 aliphatic heterocycles. The van der Waals surface area contributed by atoms with Gasteiger partial charge in [0.1, 0.15) is 0 Å². The van der Waals surface area contributed by atoms with Gasteiger partial charge < -0.3 is 10.6 Å². The molecule has 1 amide bonds. The fraction of sp³-hybridized carbons (Fsp3) is 0.632. The first-order chi connectivity index (χ1) is 11.2. The van der Waals surface area contributed by atoms with Gasteiger partial charge in [-0.1, -0.05) is 36.6 Å². The largest absolute Gasteiger partial charge is 0.349 e.